The Hall–Kier alpha value is -0.830. The topological polar surface area (TPSA) is 3.24 Å². The lowest BCUT2D eigenvalue weighted by atomic mass is 10.1. The highest BCUT2D eigenvalue weighted by Crippen LogP contribution is 2.28. The van der Waals surface area contributed by atoms with Crippen molar-refractivity contribution in [3.63, 3.8) is 0 Å². The van der Waals surface area contributed by atoms with Crippen LogP contribution in [0.1, 0.15) is 45.6 Å². The van der Waals surface area contributed by atoms with E-state index in [0.717, 1.165) is 19.3 Å². The Bertz CT molecular complexity index is 386. The number of halogens is 3. The molecule has 0 saturated heterocycles. The molecule has 1 nitrogen and oxygen atoms in total. The van der Waals surface area contributed by atoms with E-state index in [0.29, 0.717) is 12.1 Å². The Labute approximate surface area is 119 Å². The summed E-state index contributed by atoms with van der Waals surface area (Å²) < 4.78 is 28.3. The maximum atomic E-state index is 14.1. The summed E-state index contributed by atoms with van der Waals surface area (Å²) in [6.07, 6.45) is 2.76. The van der Waals surface area contributed by atoms with E-state index in [1.54, 1.807) is 0 Å². The summed E-state index contributed by atoms with van der Waals surface area (Å²) in [5, 5.41) is 0. The minimum atomic E-state index is -0.521. The van der Waals surface area contributed by atoms with Crippen LogP contribution in [0.3, 0.4) is 0 Å². The molecule has 0 aliphatic rings. The summed E-state index contributed by atoms with van der Waals surface area (Å²) in [5.74, 6) is -0.925. The summed E-state index contributed by atoms with van der Waals surface area (Å²) in [4.78, 5) is 1.83. The molecule has 0 bridgehead atoms. The number of anilines is 1. The van der Waals surface area contributed by atoms with Crippen LogP contribution < -0.4 is 4.90 Å². The number of nitrogens with zero attached hydrogens (tertiary/aromatic N) is 1. The number of alkyl halides is 1. The maximum absolute atomic E-state index is 14.1. The molecule has 0 N–H and O–H groups in total. The van der Waals surface area contributed by atoms with E-state index in [9.17, 15) is 8.78 Å². The highest BCUT2D eigenvalue weighted by Gasteiger charge is 2.21. The number of benzene rings is 1. The van der Waals surface area contributed by atoms with Crippen LogP contribution in [0.15, 0.2) is 12.1 Å². The lowest BCUT2D eigenvalue weighted by Crippen LogP contribution is -2.35. The van der Waals surface area contributed by atoms with E-state index < -0.39 is 11.6 Å². The van der Waals surface area contributed by atoms with Crippen molar-refractivity contribution in [1.82, 2.24) is 0 Å². The van der Waals surface area contributed by atoms with Gasteiger partial charge in [-0.25, -0.2) is 8.78 Å². The molecule has 1 rings (SSSR count). The molecule has 4 heteroatoms. The van der Waals surface area contributed by atoms with Gasteiger partial charge in [-0.2, -0.15) is 0 Å². The zero-order valence-corrected chi connectivity index (χ0v) is 12.6. The average Bonchev–Trinajstić information content (AvgIpc) is 2.40. The van der Waals surface area contributed by atoms with Gasteiger partial charge >= 0.3 is 0 Å². The number of hydrogen-bond acceptors (Lipinski definition) is 1. The van der Waals surface area contributed by atoms with Crippen molar-refractivity contribution in [1.29, 1.82) is 0 Å². The van der Waals surface area contributed by atoms with Crippen molar-refractivity contribution in [3.05, 3.63) is 29.3 Å². The van der Waals surface area contributed by atoms with Crippen molar-refractivity contribution in [3.8, 4) is 0 Å². The number of hydrogen-bond donors (Lipinski definition) is 0. The Morgan fingerprint density at radius 2 is 1.79 bits per heavy atom. The van der Waals surface area contributed by atoms with Gasteiger partial charge in [-0.1, -0.05) is 20.3 Å². The van der Waals surface area contributed by atoms with Crippen molar-refractivity contribution in [2.45, 2.75) is 52.0 Å². The Morgan fingerprint density at radius 1 is 1.21 bits per heavy atom. The van der Waals surface area contributed by atoms with Crippen LogP contribution in [0.2, 0.25) is 0 Å². The fourth-order valence-corrected chi connectivity index (χ4v) is 2.23. The number of rotatable bonds is 7. The molecule has 0 aliphatic carbocycles. The van der Waals surface area contributed by atoms with Crippen LogP contribution in [0.25, 0.3) is 0 Å². The molecular formula is C15H22ClF2N. The first kappa shape index (κ1) is 16.2. The van der Waals surface area contributed by atoms with Gasteiger partial charge in [-0.05, 0) is 37.5 Å². The molecule has 1 atom stereocenters. The molecule has 1 unspecified atom stereocenters. The Kier molecular flexibility index (Phi) is 6.56. The molecule has 0 fully saturated rings. The second-order valence-corrected chi connectivity index (χ2v) is 5.11. The second-order valence-electron chi connectivity index (χ2n) is 4.85. The van der Waals surface area contributed by atoms with Crippen LogP contribution >= 0.6 is 11.6 Å². The predicted molar refractivity (Wildman–Crippen MR) is 77.9 cm³/mol. The van der Waals surface area contributed by atoms with Crippen molar-refractivity contribution < 1.29 is 8.78 Å². The maximum Gasteiger partial charge on any atom is 0.149 e. The lowest BCUT2D eigenvalue weighted by Gasteiger charge is -2.31. The molecule has 0 heterocycles. The molecule has 0 amide bonds. The first-order chi connectivity index (χ1) is 9.04. The van der Waals surface area contributed by atoms with Gasteiger partial charge in [-0.3, -0.25) is 0 Å². The molecule has 19 heavy (non-hydrogen) atoms. The monoisotopic (exact) mass is 289 g/mol. The van der Waals surface area contributed by atoms with Crippen molar-refractivity contribution in [2.24, 2.45) is 0 Å². The van der Waals surface area contributed by atoms with Crippen LogP contribution in [0, 0.1) is 11.6 Å². The Balaban J connectivity index is 3.14. The molecule has 1 aromatic rings. The molecule has 0 saturated carbocycles. The quantitative estimate of drug-likeness (QED) is 0.631. The fourth-order valence-electron chi connectivity index (χ4n) is 2.07. The van der Waals surface area contributed by atoms with Crippen LogP contribution in [0.5, 0.6) is 0 Å². The van der Waals surface area contributed by atoms with E-state index in [4.69, 9.17) is 11.6 Å². The van der Waals surface area contributed by atoms with Crippen molar-refractivity contribution in [2.75, 3.05) is 11.4 Å². The van der Waals surface area contributed by atoms with Crippen LogP contribution in [-0.4, -0.2) is 12.6 Å². The molecule has 0 radical (unpaired) electrons. The molecule has 0 spiro atoms. The minimum absolute atomic E-state index is 0.0802. The lowest BCUT2D eigenvalue weighted by molar-refractivity contribution is 0.531. The normalized spacial score (nSPS) is 12.5. The summed E-state index contributed by atoms with van der Waals surface area (Å²) in [6, 6.07) is 2.76. The first-order valence-electron chi connectivity index (χ1n) is 6.85. The first-order valence-corrected chi connectivity index (χ1v) is 7.39. The molecule has 0 aromatic heterocycles. The number of unbranched alkanes of at least 4 members (excludes halogenated alkanes) is 1. The largest absolute Gasteiger partial charge is 0.364 e. The zero-order chi connectivity index (χ0) is 14.4. The van der Waals surface area contributed by atoms with Gasteiger partial charge in [-0.15, -0.1) is 11.6 Å². The van der Waals surface area contributed by atoms with E-state index in [1.807, 2.05) is 18.7 Å². The van der Waals surface area contributed by atoms with E-state index >= 15 is 0 Å². The van der Waals surface area contributed by atoms with E-state index in [-0.39, 0.29) is 17.6 Å². The van der Waals surface area contributed by atoms with Gasteiger partial charge < -0.3 is 4.90 Å². The van der Waals surface area contributed by atoms with Gasteiger partial charge in [0.2, 0.25) is 0 Å². The SMILES string of the molecule is CCCCN(c1c(F)cc(CCl)cc1F)C(C)CC. The molecule has 1 aromatic carbocycles. The fraction of sp³-hybridized carbons (Fsp3) is 0.600. The van der Waals surface area contributed by atoms with Gasteiger partial charge in [0.1, 0.15) is 17.3 Å². The minimum Gasteiger partial charge on any atom is -0.364 e. The van der Waals surface area contributed by atoms with Gasteiger partial charge in [0.15, 0.2) is 0 Å². The van der Waals surface area contributed by atoms with Gasteiger partial charge in [0, 0.05) is 18.5 Å². The van der Waals surface area contributed by atoms with Crippen LogP contribution in [-0.2, 0) is 5.88 Å². The molecule has 108 valence electrons. The highest BCUT2D eigenvalue weighted by atomic mass is 35.5. The smallest absolute Gasteiger partial charge is 0.149 e. The summed E-state index contributed by atoms with van der Waals surface area (Å²) >= 11 is 5.63. The van der Waals surface area contributed by atoms with Crippen LogP contribution in [0.4, 0.5) is 14.5 Å². The third-order valence-corrected chi connectivity index (χ3v) is 3.70. The second kappa shape index (κ2) is 7.68. The zero-order valence-electron chi connectivity index (χ0n) is 11.8. The third-order valence-electron chi connectivity index (χ3n) is 3.39. The third kappa shape index (κ3) is 4.07. The highest BCUT2D eigenvalue weighted by molar-refractivity contribution is 6.17. The van der Waals surface area contributed by atoms with Crippen molar-refractivity contribution >= 4 is 17.3 Å². The summed E-state index contributed by atoms with van der Waals surface area (Å²) in [6.45, 7) is 6.74. The van der Waals surface area contributed by atoms with E-state index in [1.165, 1.54) is 12.1 Å². The average molecular weight is 290 g/mol. The van der Waals surface area contributed by atoms with E-state index in [2.05, 4.69) is 6.92 Å². The molecule has 0 aliphatic heterocycles. The Morgan fingerprint density at radius 3 is 2.21 bits per heavy atom. The summed E-state index contributed by atoms with van der Waals surface area (Å²) in [7, 11) is 0. The van der Waals surface area contributed by atoms with Gasteiger partial charge in [0.05, 0.1) is 0 Å². The van der Waals surface area contributed by atoms with Gasteiger partial charge in [0.25, 0.3) is 0 Å². The molecular weight excluding hydrogens is 268 g/mol. The standard InChI is InChI=1S/C15H22ClF2N/c1-4-6-7-19(11(3)5-2)15-13(17)8-12(10-16)9-14(15)18/h8-9,11H,4-7,10H2,1-3H3. The summed E-state index contributed by atoms with van der Waals surface area (Å²) in [5.41, 5.74) is 0.552. The predicted octanol–water partition coefficient (Wildman–Crippen LogP) is 5.11.